The molecule has 3 aliphatic carbocycles. The van der Waals surface area contributed by atoms with Gasteiger partial charge in [0.05, 0.1) is 0 Å². The zero-order valence-corrected chi connectivity index (χ0v) is 12.2. The Morgan fingerprint density at radius 3 is 2.50 bits per heavy atom. The van der Waals surface area contributed by atoms with Gasteiger partial charge in [0.1, 0.15) is 5.60 Å². The highest BCUT2D eigenvalue weighted by Crippen LogP contribution is 2.73. The maximum atomic E-state index is 10.9. The fraction of sp³-hybridized carbons (Fsp3) is 0.938. The molecule has 2 heteroatoms. The lowest BCUT2D eigenvalue weighted by Crippen LogP contribution is -2.46. The fourth-order valence-corrected chi connectivity index (χ4v) is 6.11. The molecular weight excluding hydrogens is 224 g/mol. The molecule has 0 aromatic rings. The van der Waals surface area contributed by atoms with Crippen molar-refractivity contribution in [3.05, 3.63) is 0 Å². The quantitative estimate of drug-likeness (QED) is 0.697. The molecule has 18 heavy (non-hydrogen) atoms. The molecule has 0 saturated heterocycles. The summed E-state index contributed by atoms with van der Waals surface area (Å²) in [6.07, 6.45) is 6.36. The van der Waals surface area contributed by atoms with Crippen molar-refractivity contribution in [1.29, 1.82) is 0 Å². The van der Waals surface area contributed by atoms with Gasteiger partial charge in [-0.25, -0.2) is 0 Å². The minimum atomic E-state index is -0.222. The molecule has 3 aliphatic rings. The Morgan fingerprint density at radius 2 is 1.83 bits per heavy atom. The summed E-state index contributed by atoms with van der Waals surface area (Å²) >= 11 is 0. The Balaban J connectivity index is 2.01. The summed E-state index contributed by atoms with van der Waals surface area (Å²) in [6, 6.07) is 0. The molecule has 3 saturated carbocycles. The average Bonchev–Trinajstić information content (AvgIpc) is 2.71. The second-order valence-corrected chi connectivity index (χ2v) is 7.87. The van der Waals surface area contributed by atoms with Crippen LogP contribution in [-0.4, -0.2) is 12.1 Å². The zero-order valence-electron chi connectivity index (χ0n) is 12.2. The molecular formula is C16H26O2. The lowest BCUT2D eigenvalue weighted by atomic mass is 9.64. The highest BCUT2D eigenvalue weighted by Gasteiger charge is 2.68. The van der Waals surface area contributed by atoms with Gasteiger partial charge in [-0.1, -0.05) is 20.8 Å². The molecule has 0 N–H and O–H groups in total. The van der Waals surface area contributed by atoms with Gasteiger partial charge in [-0.15, -0.1) is 0 Å². The zero-order chi connectivity index (χ0) is 13.2. The van der Waals surface area contributed by atoms with Crippen LogP contribution >= 0.6 is 0 Å². The van der Waals surface area contributed by atoms with Crippen molar-refractivity contribution < 1.29 is 9.53 Å². The summed E-state index contributed by atoms with van der Waals surface area (Å²) in [5, 5.41) is 0. The lowest BCUT2D eigenvalue weighted by Gasteiger charge is -2.45. The van der Waals surface area contributed by atoms with Crippen molar-refractivity contribution in [2.45, 2.75) is 65.4 Å². The SMILES string of the molecule is C[C@@H]1CC[C@@H]2C(C)(C)[C@H]3C[C@@]12CC[C@]3(C)OC=O. The second kappa shape index (κ2) is 3.52. The maximum absolute atomic E-state index is 10.9. The van der Waals surface area contributed by atoms with E-state index in [4.69, 9.17) is 4.74 Å². The van der Waals surface area contributed by atoms with Crippen LogP contribution in [0.3, 0.4) is 0 Å². The summed E-state index contributed by atoms with van der Waals surface area (Å²) in [5.41, 5.74) is 0.652. The van der Waals surface area contributed by atoms with Crippen molar-refractivity contribution in [3.8, 4) is 0 Å². The molecule has 2 nitrogen and oxygen atoms in total. The summed E-state index contributed by atoms with van der Waals surface area (Å²) in [6.45, 7) is 10.1. The van der Waals surface area contributed by atoms with E-state index in [0.29, 0.717) is 23.2 Å². The number of rotatable bonds is 2. The van der Waals surface area contributed by atoms with Crippen LogP contribution in [0.5, 0.6) is 0 Å². The monoisotopic (exact) mass is 250 g/mol. The van der Waals surface area contributed by atoms with Gasteiger partial charge in [-0.05, 0) is 61.7 Å². The molecule has 0 aliphatic heterocycles. The molecule has 1 spiro atoms. The number of hydrogen-bond acceptors (Lipinski definition) is 2. The van der Waals surface area contributed by atoms with E-state index in [0.717, 1.165) is 18.3 Å². The summed E-state index contributed by atoms with van der Waals surface area (Å²) in [5.74, 6) is 2.23. The molecule has 0 heterocycles. The number of fused-ring (bicyclic) bond motifs is 1. The van der Waals surface area contributed by atoms with Crippen molar-refractivity contribution in [1.82, 2.24) is 0 Å². The number of carbonyl (C=O) groups excluding carboxylic acids is 1. The van der Waals surface area contributed by atoms with Crippen LogP contribution < -0.4 is 0 Å². The molecule has 0 aromatic heterocycles. The Labute approximate surface area is 110 Å². The smallest absolute Gasteiger partial charge is 0.293 e. The van der Waals surface area contributed by atoms with Gasteiger partial charge in [-0.2, -0.15) is 0 Å². The standard InChI is InChI=1S/C16H26O2/c1-11-5-6-12-14(2,3)13-9-16(11,12)8-7-15(13,4)18-10-17/h10-13H,5-9H2,1-4H3/t11-,12-,13-,15+,16+/m1/s1. The number of ether oxygens (including phenoxy) is 1. The van der Waals surface area contributed by atoms with E-state index in [-0.39, 0.29) is 5.60 Å². The lowest BCUT2D eigenvalue weighted by molar-refractivity contribution is -0.157. The number of carbonyl (C=O) groups is 1. The third-order valence-corrected chi connectivity index (χ3v) is 7.09. The first-order valence-electron chi connectivity index (χ1n) is 7.48. The van der Waals surface area contributed by atoms with E-state index in [9.17, 15) is 4.79 Å². The first-order valence-corrected chi connectivity index (χ1v) is 7.48. The predicted molar refractivity (Wildman–Crippen MR) is 71.0 cm³/mol. The van der Waals surface area contributed by atoms with Gasteiger partial charge >= 0.3 is 0 Å². The van der Waals surface area contributed by atoms with Crippen LogP contribution in [-0.2, 0) is 9.53 Å². The Kier molecular flexibility index (Phi) is 2.44. The van der Waals surface area contributed by atoms with Crippen molar-refractivity contribution in [3.63, 3.8) is 0 Å². The van der Waals surface area contributed by atoms with Crippen molar-refractivity contribution in [2.24, 2.45) is 28.6 Å². The first-order chi connectivity index (χ1) is 8.37. The topological polar surface area (TPSA) is 26.3 Å². The normalized spacial score (nSPS) is 53.0. The fourth-order valence-electron chi connectivity index (χ4n) is 6.11. The van der Waals surface area contributed by atoms with E-state index < -0.39 is 0 Å². The van der Waals surface area contributed by atoms with Gasteiger partial charge < -0.3 is 4.74 Å². The van der Waals surface area contributed by atoms with Gasteiger partial charge in [0, 0.05) is 5.92 Å². The largest absolute Gasteiger partial charge is 0.461 e. The highest BCUT2D eigenvalue weighted by molar-refractivity contribution is 5.39. The summed E-state index contributed by atoms with van der Waals surface area (Å²) in [4.78, 5) is 10.9. The molecule has 3 fully saturated rings. The molecule has 5 atom stereocenters. The van der Waals surface area contributed by atoms with Gasteiger partial charge in [-0.3, -0.25) is 4.79 Å². The van der Waals surface area contributed by atoms with Crippen LogP contribution in [0.1, 0.15) is 59.8 Å². The van der Waals surface area contributed by atoms with Crippen molar-refractivity contribution in [2.75, 3.05) is 0 Å². The molecule has 0 aromatic carbocycles. The number of hydrogen-bond donors (Lipinski definition) is 0. The van der Waals surface area contributed by atoms with Gasteiger partial charge in [0.15, 0.2) is 0 Å². The predicted octanol–water partition coefficient (Wildman–Crippen LogP) is 3.79. The maximum Gasteiger partial charge on any atom is 0.293 e. The van der Waals surface area contributed by atoms with Gasteiger partial charge in [0.25, 0.3) is 6.47 Å². The van der Waals surface area contributed by atoms with E-state index in [1.54, 1.807) is 0 Å². The first kappa shape index (κ1) is 12.5. The Morgan fingerprint density at radius 1 is 1.11 bits per heavy atom. The summed E-state index contributed by atoms with van der Waals surface area (Å²) in [7, 11) is 0. The molecule has 0 unspecified atom stereocenters. The highest BCUT2D eigenvalue weighted by atomic mass is 16.5. The molecule has 3 rings (SSSR count). The van der Waals surface area contributed by atoms with Crippen LogP contribution in [0, 0.1) is 28.6 Å². The van der Waals surface area contributed by atoms with E-state index in [1.807, 2.05) is 0 Å². The minimum absolute atomic E-state index is 0.222. The van der Waals surface area contributed by atoms with Crippen LogP contribution in [0.4, 0.5) is 0 Å². The minimum Gasteiger partial charge on any atom is -0.461 e. The van der Waals surface area contributed by atoms with Gasteiger partial charge in [0.2, 0.25) is 0 Å². The van der Waals surface area contributed by atoms with E-state index in [2.05, 4.69) is 27.7 Å². The molecule has 102 valence electrons. The third-order valence-electron chi connectivity index (χ3n) is 7.09. The summed E-state index contributed by atoms with van der Waals surface area (Å²) < 4.78 is 5.55. The van der Waals surface area contributed by atoms with Crippen LogP contribution in [0.25, 0.3) is 0 Å². The molecule has 2 bridgehead atoms. The molecule has 0 amide bonds. The van der Waals surface area contributed by atoms with Crippen LogP contribution in [0.15, 0.2) is 0 Å². The Bertz CT molecular complexity index is 375. The third kappa shape index (κ3) is 1.27. The molecule has 0 radical (unpaired) electrons. The van der Waals surface area contributed by atoms with E-state index in [1.165, 1.54) is 25.7 Å². The van der Waals surface area contributed by atoms with Crippen molar-refractivity contribution >= 4 is 6.47 Å². The Hall–Kier alpha value is -0.530. The van der Waals surface area contributed by atoms with Crippen LogP contribution in [0.2, 0.25) is 0 Å². The average molecular weight is 250 g/mol. The second-order valence-electron chi connectivity index (χ2n) is 7.87. The van der Waals surface area contributed by atoms with E-state index >= 15 is 0 Å².